The lowest BCUT2D eigenvalue weighted by Gasteiger charge is -1.92. The largest absolute Gasteiger partial charge is 0.395 e. The number of hydrogen-bond donors (Lipinski definition) is 2. The van der Waals surface area contributed by atoms with Crippen molar-refractivity contribution in [2.75, 3.05) is 13.2 Å². The molecule has 3 nitrogen and oxygen atoms in total. The number of carbonyl (C=O) groups excluding carboxylic acids is 1. The van der Waals surface area contributed by atoms with Gasteiger partial charge in [0.15, 0.2) is 0 Å². The van der Waals surface area contributed by atoms with Crippen LogP contribution >= 0.6 is 0 Å². The molecule has 0 bridgehead atoms. The minimum Gasteiger partial charge on any atom is -0.395 e. The molecule has 1 amide bonds. The van der Waals surface area contributed by atoms with Crippen LogP contribution in [0.1, 0.15) is 0 Å². The van der Waals surface area contributed by atoms with Crippen molar-refractivity contribution in [1.82, 2.24) is 5.32 Å². The SMILES string of the molecule is [CH]C(=O)NCCO. The van der Waals surface area contributed by atoms with Gasteiger partial charge in [-0.05, 0) is 0 Å². The normalized spacial score (nSPS) is 8.29. The zero-order chi connectivity index (χ0) is 5.70. The highest BCUT2D eigenvalue weighted by Gasteiger charge is 1.84. The minimum atomic E-state index is -0.603. The third-order valence-corrected chi connectivity index (χ3v) is 0.411. The number of aliphatic hydroxyl groups is 1. The van der Waals surface area contributed by atoms with E-state index < -0.39 is 5.91 Å². The van der Waals surface area contributed by atoms with E-state index in [2.05, 4.69) is 12.2 Å². The van der Waals surface area contributed by atoms with Gasteiger partial charge < -0.3 is 10.4 Å². The second-order valence-corrected chi connectivity index (χ2v) is 1.01. The standard InChI is InChI=1S/C4H7NO2/c1-4(7)5-2-3-6/h1,6H,2-3H2,(H,5,7). The van der Waals surface area contributed by atoms with Gasteiger partial charge in [0, 0.05) is 6.54 Å². The van der Waals surface area contributed by atoms with Crippen LogP contribution in [0.15, 0.2) is 0 Å². The van der Waals surface area contributed by atoms with Gasteiger partial charge in [-0.15, -0.1) is 0 Å². The summed E-state index contributed by atoms with van der Waals surface area (Å²) in [5.74, 6) is -0.603. The summed E-state index contributed by atoms with van der Waals surface area (Å²) >= 11 is 0. The molecule has 2 radical (unpaired) electrons. The lowest BCUT2D eigenvalue weighted by atomic mass is 10.6. The Balaban J connectivity index is 2.82. The van der Waals surface area contributed by atoms with Crippen molar-refractivity contribution in [3.63, 3.8) is 0 Å². The maximum Gasteiger partial charge on any atom is 0.224 e. The van der Waals surface area contributed by atoms with Gasteiger partial charge in [-0.25, -0.2) is 0 Å². The molecule has 0 aliphatic heterocycles. The van der Waals surface area contributed by atoms with Crippen LogP contribution in [-0.4, -0.2) is 24.2 Å². The van der Waals surface area contributed by atoms with Crippen LogP contribution in [0, 0.1) is 6.92 Å². The number of amides is 1. The van der Waals surface area contributed by atoms with Gasteiger partial charge in [-0.2, -0.15) is 0 Å². The second kappa shape index (κ2) is 3.61. The predicted octanol–water partition coefficient (Wildman–Crippen LogP) is -1.19. The molecule has 0 aromatic heterocycles. The number of carbonyl (C=O) groups is 1. The van der Waals surface area contributed by atoms with Gasteiger partial charge in [0.1, 0.15) is 0 Å². The summed E-state index contributed by atoms with van der Waals surface area (Å²) in [6.45, 7) is 4.78. The molecular formula is C4H7NO2. The molecule has 0 atom stereocenters. The Bertz CT molecular complexity index is 62.7. The summed E-state index contributed by atoms with van der Waals surface area (Å²) in [5, 5.41) is 10.2. The van der Waals surface area contributed by atoms with Crippen molar-refractivity contribution in [1.29, 1.82) is 0 Å². The van der Waals surface area contributed by atoms with E-state index in [1.165, 1.54) is 0 Å². The van der Waals surface area contributed by atoms with E-state index in [0.29, 0.717) is 0 Å². The molecule has 7 heavy (non-hydrogen) atoms. The topological polar surface area (TPSA) is 49.3 Å². The number of hydrogen-bond acceptors (Lipinski definition) is 2. The van der Waals surface area contributed by atoms with Crippen molar-refractivity contribution in [3.8, 4) is 0 Å². The first-order chi connectivity index (χ1) is 3.27. The fourth-order valence-corrected chi connectivity index (χ4v) is 0.179. The summed E-state index contributed by atoms with van der Waals surface area (Å²) in [6.07, 6.45) is 0. The lowest BCUT2D eigenvalue weighted by molar-refractivity contribution is -0.116. The molecule has 0 rings (SSSR count). The Kier molecular flexibility index (Phi) is 3.32. The van der Waals surface area contributed by atoms with Crippen LogP contribution in [0.4, 0.5) is 0 Å². The smallest absolute Gasteiger partial charge is 0.224 e. The summed E-state index contributed by atoms with van der Waals surface area (Å²) in [4.78, 5) is 9.76. The molecule has 3 heteroatoms. The van der Waals surface area contributed by atoms with Crippen LogP contribution in [0.2, 0.25) is 0 Å². The second-order valence-electron chi connectivity index (χ2n) is 1.01. The summed E-state index contributed by atoms with van der Waals surface area (Å²) in [6, 6.07) is 0. The van der Waals surface area contributed by atoms with E-state index in [-0.39, 0.29) is 13.2 Å². The van der Waals surface area contributed by atoms with E-state index in [0.717, 1.165) is 0 Å². The van der Waals surface area contributed by atoms with Gasteiger partial charge >= 0.3 is 0 Å². The Labute approximate surface area is 42.3 Å². The first-order valence-electron chi connectivity index (χ1n) is 1.91. The van der Waals surface area contributed by atoms with Crippen molar-refractivity contribution in [2.24, 2.45) is 0 Å². The van der Waals surface area contributed by atoms with Crippen molar-refractivity contribution in [2.45, 2.75) is 0 Å². The minimum absolute atomic E-state index is 0.0665. The zero-order valence-electron chi connectivity index (χ0n) is 3.85. The molecule has 0 saturated heterocycles. The average molecular weight is 101 g/mol. The van der Waals surface area contributed by atoms with Gasteiger partial charge in [-0.1, -0.05) is 0 Å². The molecule has 0 unspecified atom stereocenters. The van der Waals surface area contributed by atoms with Gasteiger partial charge in [0.2, 0.25) is 5.91 Å². The van der Waals surface area contributed by atoms with E-state index in [1.807, 2.05) is 0 Å². The summed E-state index contributed by atoms with van der Waals surface area (Å²) in [5.41, 5.74) is 0. The number of nitrogens with one attached hydrogen (secondary N) is 1. The molecule has 0 aromatic carbocycles. The highest BCUT2D eigenvalue weighted by Crippen LogP contribution is 1.55. The van der Waals surface area contributed by atoms with Crippen LogP contribution in [0.5, 0.6) is 0 Å². The maximum atomic E-state index is 9.76. The van der Waals surface area contributed by atoms with Crippen molar-refractivity contribution < 1.29 is 9.90 Å². The van der Waals surface area contributed by atoms with E-state index in [9.17, 15) is 4.79 Å². The first kappa shape index (κ1) is 6.43. The van der Waals surface area contributed by atoms with Gasteiger partial charge in [0.25, 0.3) is 0 Å². The number of aliphatic hydroxyl groups excluding tert-OH is 1. The Morgan fingerprint density at radius 1 is 1.86 bits per heavy atom. The van der Waals surface area contributed by atoms with Gasteiger partial charge in [0.05, 0.1) is 13.5 Å². The third kappa shape index (κ3) is 5.43. The van der Waals surface area contributed by atoms with Crippen molar-refractivity contribution in [3.05, 3.63) is 6.92 Å². The molecular weight excluding hydrogens is 94.0 g/mol. The predicted molar refractivity (Wildman–Crippen MR) is 24.4 cm³/mol. The first-order valence-corrected chi connectivity index (χ1v) is 1.91. The molecule has 0 aromatic rings. The van der Waals surface area contributed by atoms with Crippen molar-refractivity contribution >= 4 is 5.91 Å². The summed E-state index contributed by atoms with van der Waals surface area (Å²) in [7, 11) is 0. The Morgan fingerprint density at radius 2 is 2.43 bits per heavy atom. The molecule has 40 valence electrons. The van der Waals surface area contributed by atoms with Crippen LogP contribution in [0.3, 0.4) is 0 Å². The fraction of sp³-hybridized carbons (Fsp3) is 0.500. The van der Waals surface area contributed by atoms with Gasteiger partial charge in [-0.3, -0.25) is 4.79 Å². The number of rotatable bonds is 2. The molecule has 0 saturated carbocycles. The molecule has 0 spiro atoms. The maximum absolute atomic E-state index is 9.76. The molecule has 0 fully saturated rings. The quantitative estimate of drug-likeness (QED) is 0.459. The van der Waals surface area contributed by atoms with E-state index in [4.69, 9.17) is 5.11 Å². The molecule has 2 N–H and O–H groups in total. The molecule has 0 aliphatic carbocycles. The fourth-order valence-electron chi connectivity index (χ4n) is 0.179. The lowest BCUT2D eigenvalue weighted by Crippen LogP contribution is -2.23. The third-order valence-electron chi connectivity index (χ3n) is 0.411. The monoisotopic (exact) mass is 101 g/mol. The van der Waals surface area contributed by atoms with Crippen LogP contribution < -0.4 is 5.32 Å². The zero-order valence-corrected chi connectivity index (χ0v) is 3.85. The van der Waals surface area contributed by atoms with E-state index in [1.54, 1.807) is 0 Å². The van der Waals surface area contributed by atoms with Crippen LogP contribution in [0.25, 0.3) is 0 Å². The molecule has 0 heterocycles. The molecule has 0 aliphatic rings. The van der Waals surface area contributed by atoms with E-state index >= 15 is 0 Å². The van der Waals surface area contributed by atoms with Crippen LogP contribution in [-0.2, 0) is 4.79 Å². The highest BCUT2D eigenvalue weighted by atomic mass is 16.3. The Hall–Kier alpha value is -0.570. The highest BCUT2D eigenvalue weighted by molar-refractivity contribution is 5.79. The average Bonchev–Trinajstić information content (AvgIpc) is 1.61. The Morgan fingerprint density at radius 3 is 2.57 bits per heavy atom. The summed E-state index contributed by atoms with van der Waals surface area (Å²) < 4.78 is 0.